The Balaban J connectivity index is 1.16. The number of anilines is 3. The van der Waals surface area contributed by atoms with Gasteiger partial charge >= 0.3 is 0 Å². The summed E-state index contributed by atoms with van der Waals surface area (Å²) in [7, 11) is 0. The maximum absolute atomic E-state index is 6.38. The highest BCUT2D eigenvalue weighted by molar-refractivity contribution is 6.29. The van der Waals surface area contributed by atoms with Crippen LogP contribution < -0.4 is 4.90 Å². The summed E-state index contributed by atoms with van der Waals surface area (Å²) in [5.41, 5.74) is 15.2. The van der Waals surface area contributed by atoms with E-state index in [9.17, 15) is 0 Å². The fourth-order valence-electron chi connectivity index (χ4n) is 10.6. The quantitative estimate of drug-likeness (QED) is 0.169. The van der Waals surface area contributed by atoms with E-state index in [1.807, 2.05) is 6.07 Å². The lowest BCUT2D eigenvalue weighted by Gasteiger charge is -2.32. The van der Waals surface area contributed by atoms with Crippen LogP contribution in [0.4, 0.5) is 17.1 Å². The molecule has 0 amide bonds. The Bertz CT molecular complexity index is 3390. The summed E-state index contributed by atoms with van der Waals surface area (Å²) in [6.07, 6.45) is 0. The maximum atomic E-state index is 6.38. The molecule has 0 radical (unpaired) electrons. The fraction of sp³-hybridized carbons (Fsp3) is 0.0182. The lowest BCUT2D eigenvalue weighted by molar-refractivity contribution is 0.669. The molecule has 0 saturated heterocycles. The van der Waals surface area contributed by atoms with E-state index < -0.39 is 5.41 Å². The van der Waals surface area contributed by atoms with Gasteiger partial charge in [-0.3, -0.25) is 0 Å². The van der Waals surface area contributed by atoms with Gasteiger partial charge in [0.25, 0.3) is 0 Å². The molecule has 2 aliphatic carbocycles. The number of hydrogen-bond donors (Lipinski definition) is 0. The highest BCUT2D eigenvalue weighted by atomic mass is 16.3. The molecule has 0 atom stereocenters. The number of nitrogens with zero attached hydrogens (tertiary/aromatic N) is 1. The third-order valence-electron chi connectivity index (χ3n) is 12.8. The highest BCUT2D eigenvalue weighted by Crippen LogP contribution is 2.63. The number of para-hydroxylation sites is 1. The molecule has 13 rings (SSSR count). The van der Waals surface area contributed by atoms with E-state index in [1.54, 1.807) is 0 Å². The normalized spacial score (nSPS) is 13.4. The minimum atomic E-state index is -0.451. The van der Waals surface area contributed by atoms with E-state index in [1.165, 1.54) is 76.8 Å². The van der Waals surface area contributed by atoms with Crippen molar-refractivity contribution in [2.45, 2.75) is 5.41 Å². The maximum Gasteiger partial charge on any atom is 0.135 e. The Hall–Kier alpha value is -7.42. The Morgan fingerprint density at radius 1 is 0.316 bits per heavy atom. The van der Waals surface area contributed by atoms with Gasteiger partial charge < -0.3 is 9.32 Å². The van der Waals surface area contributed by atoms with E-state index in [0.717, 1.165) is 39.0 Å². The van der Waals surface area contributed by atoms with Crippen molar-refractivity contribution in [2.24, 2.45) is 0 Å². The summed E-state index contributed by atoms with van der Waals surface area (Å²) >= 11 is 0. The number of rotatable bonds is 3. The Kier molecular flexibility index (Phi) is 6.13. The zero-order valence-corrected chi connectivity index (χ0v) is 30.9. The van der Waals surface area contributed by atoms with Gasteiger partial charge in [0.2, 0.25) is 0 Å². The molecule has 2 nitrogen and oxygen atoms in total. The second-order valence-electron chi connectivity index (χ2n) is 15.5. The molecule has 1 aromatic heterocycles. The van der Waals surface area contributed by atoms with E-state index in [-0.39, 0.29) is 0 Å². The monoisotopic (exact) mass is 723 g/mol. The van der Waals surface area contributed by atoms with Crippen LogP contribution >= 0.6 is 0 Å². The zero-order chi connectivity index (χ0) is 37.2. The molecular formula is C55H33NO. The molecule has 1 heterocycles. The Morgan fingerprint density at radius 2 is 0.772 bits per heavy atom. The largest absolute Gasteiger partial charge is 0.456 e. The third kappa shape index (κ3) is 3.99. The van der Waals surface area contributed by atoms with Gasteiger partial charge in [-0.05, 0) is 114 Å². The van der Waals surface area contributed by atoms with Gasteiger partial charge in [0, 0.05) is 27.5 Å². The second-order valence-corrected chi connectivity index (χ2v) is 15.5. The highest BCUT2D eigenvalue weighted by Gasteiger charge is 2.51. The number of benzene rings is 10. The minimum absolute atomic E-state index is 0.451. The SMILES string of the molecule is c1ccc2c(c1)-c1ccccc1C21c2ccccc2-c2ccc(N(c3ccc4oc5ccccc5c4c3)c3cccc4c5ccccc5c5ccccc5c34)cc21. The molecule has 1 spiro atoms. The van der Waals surface area contributed by atoms with Crippen LogP contribution in [0.5, 0.6) is 0 Å². The van der Waals surface area contributed by atoms with Crippen molar-refractivity contribution in [1.29, 1.82) is 0 Å². The Labute approximate surface area is 329 Å². The van der Waals surface area contributed by atoms with Gasteiger partial charge in [0.15, 0.2) is 0 Å². The Morgan fingerprint density at radius 3 is 1.42 bits per heavy atom. The second kappa shape index (κ2) is 11.3. The smallest absolute Gasteiger partial charge is 0.135 e. The molecule has 0 unspecified atom stereocenters. The zero-order valence-electron chi connectivity index (χ0n) is 30.9. The van der Waals surface area contributed by atoms with Crippen molar-refractivity contribution in [3.05, 3.63) is 222 Å². The molecule has 10 aromatic carbocycles. The molecule has 0 saturated carbocycles. The molecule has 57 heavy (non-hydrogen) atoms. The third-order valence-corrected chi connectivity index (χ3v) is 12.8. The predicted molar refractivity (Wildman–Crippen MR) is 237 cm³/mol. The number of hydrogen-bond acceptors (Lipinski definition) is 2. The number of fused-ring (bicyclic) bond motifs is 19. The van der Waals surface area contributed by atoms with Gasteiger partial charge in [-0.2, -0.15) is 0 Å². The van der Waals surface area contributed by atoms with Crippen LogP contribution in [0.25, 0.3) is 76.5 Å². The summed E-state index contributed by atoms with van der Waals surface area (Å²) < 4.78 is 6.38. The molecule has 0 bridgehead atoms. The molecule has 0 aliphatic heterocycles. The van der Waals surface area contributed by atoms with Crippen molar-refractivity contribution in [1.82, 2.24) is 0 Å². The average Bonchev–Trinajstić information content (AvgIpc) is 3.90. The van der Waals surface area contributed by atoms with E-state index in [2.05, 4.69) is 199 Å². The van der Waals surface area contributed by atoms with Gasteiger partial charge in [0.05, 0.1) is 11.1 Å². The van der Waals surface area contributed by atoms with Crippen LogP contribution in [0.2, 0.25) is 0 Å². The van der Waals surface area contributed by atoms with Crippen LogP contribution in [0.15, 0.2) is 205 Å². The van der Waals surface area contributed by atoms with Crippen molar-refractivity contribution in [3.8, 4) is 22.3 Å². The first-order valence-corrected chi connectivity index (χ1v) is 19.8. The molecule has 2 heteroatoms. The van der Waals surface area contributed by atoms with Gasteiger partial charge in [-0.1, -0.05) is 158 Å². The lowest BCUT2D eigenvalue weighted by Crippen LogP contribution is -2.26. The molecule has 0 N–H and O–H groups in total. The van der Waals surface area contributed by atoms with E-state index >= 15 is 0 Å². The standard InChI is InChI=1S/C55H33NO/c1-2-15-38-36(14-1)37-16-3-4-21-44(37)54-45(38)22-13-26-51(54)56(34-29-31-53-46(32-34)43-20-8-12-27-52(43)57-53)35-28-30-42-41-19-7-11-25-49(41)55(50(42)33-35)47-23-9-5-17-39(47)40-18-6-10-24-48(40)55/h1-33H. The van der Waals surface area contributed by atoms with E-state index in [4.69, 9.17) is 4.42 Å². The van der Waals surface area contributed by atoms with Crippen LogP contribution in [0.3, 0.4) is 0 Å². The lowest BCUT2D eigenvalue weighted by atomic mass is 9.70. The summed E-state index contributed by atoms with van der Waals surface area (Å²) in [6, 6.07) is 74.0. The first-order chi connectivity index (χ1) is 28.3. The van der Waals surface area contributed by atoms with Crippen LogP contribution in [-0.2, 0) is 5.41 Å². The predicted octanol–water partition coefficient (Wildman–Crippen LogP) is 14.9. The fourth-order valence-corrected chi connectivity index (χ4v) is 10.6. The van der Waals surface area contributed by atoms with Crippen molar-refractivity contribution < 1.29 is 4.42 Å². The topological polar surface area (TPSA) is 16.4 Å². The van der Waals surface area contributed by atoms with Crippen molar-refractivity contribution in [2.75, 3.05) is 4.90 Å². The van der Waals surface area contributed by atoms with Crippen molar-refractivity contribution in [3.63, 3.8) is 0 Å². The van der Waals surface area contributed by atoms with Crippen molar-refractivity contribution >= 4 is 71.3 Å². The van der Waals surface area contributed by atoms with E-state index in [0.29, 0.717) is 0 Å². The summed E-state index contributed by atoms with van der Waals surface area (Å²) in [4.78, 5) is 2.49. The molecular weight excluding hydrogens is 691 g/mol. The van der Waals surface area contributed by atoms with Crippen LogP contribution in [-0.4, -0.2) is 0 Å². The first-order valence-electron chi connectivity index (χ1n) is 19.8. The molecule has 264 valence electrons. The number of furan rings is 1. The summed E-state index contributed by atoms with van der Waals surface area (Å²) in [5.74, 6) is 0. The van der Waals surface area contributed by atoms with Gasteiger partial charge in [-0.25, -0.2) is 0 Å². The minimum Gasteiger partial charge on any atom is -0.456 e. The van der Waals surface area contributed by atoms with Gasteiger partial charge in [-0.15, -0.1) is 0 Å². The summed E-state index contributed by atoms with van der Waals surface area (Å²) in [5, 5.41) is 9.72. The van der Waals surface area contributed by atoms with Crippen LogP contribution in [0.1, 0.15) is 22.3 Å². The molecule has 2 aliphatic rings. The molecule has 11 aromatic rings. The van der Waals surface area contributed by atoms with Gasteiger partial charge in [0.1, 0.15) is 11.2 Å². The average molecular weight is 724 g/mol. The van der Waals surface area contributed by atoms with Crippen LogP contribution in [0, 0.1) is 0 Å². The molecule has 0 fully saturated rings. The summed E-state index contributed by atoms with van der Waals surface area (Å²) in [6.45, 7) is 0. The first kappa shape index (κ1) is 30.9.